The summed E-state index contributed by atoms with van der Waals surface area (Å²) in [5.41, 5.74) is 10.7. The molecule has 0 saturated heterocycles. The van der Waals surface area contributed by atoms with E-state index in [-0.39, 0.29) is 12.5 Å². The summed E-state index contributed by atoms with van der Waals surface area (Å²) in [4.78, 5) is 0. The Kier molecular flexibility index (Phi) is 6.91. The van der Waals surface area contributed by atoms with E-state index in [1.807, 2.05) is 0 Å². The first-order valence-electron chi connectivity index (χ1n) is 3.86. The molecule has 0 fully saturated rings. The third kappa shape index (κ3) is 4.73. The van der Waals surface area contributed by atoms with Gasteiger partial charge in [-0.1, -0.05) is 6.42 Å². The summed E-state index contributed by atoms with van der Waals surface area (Å²) in [6.45, 7) is 1.53. The van der Waals surface area contributed by atoms with Gasteiger partial charge in [0.1, 0.15) is 0 Å². The molecule has 0 bridgehead atoms. The molecule has 0 spiro atoms. The van der Waals surface area contributed by atoms with Gasteiger partial charge < -0.3 is 16.6 Å². The van der Waals surface area contributed by atoms with Crippen molar-refractivity contribution in [3.8, 4) is 0 Å². The van der Waals surface area contributed by atoms with Crippen LogP contribution in [0.3, 0.4) is 0 Å². The van der Waals surface area contributed by atoms with Crippen LogP contribution in [0.2, 0.25) is 0 Å². The lowest BCUT2D eigenvalue weighted by Gasteiger charge is -2.09. The number of hydrogen-bond donors (Lipinski definition) is 3. The lowest BCUT2D eigenvalue weighted by molar-refractivity contribution is 0.220. The predicted octanol–water partition coefficient (Wildman–Crippen LogP) is -0.317. The van der Waals surface area contributed by atoms with E-state index >= 15 is 0 Å². The molecule has 0 saturated carbocycles. The van der Waals surface area contributed by atoms with Crippen molar-refractivity contribution in [2.75, 3.05) is 19.7 Å². The van der Waals surface area contributed by atoms with E-state index in [4.69, 9.17) is 16.6 Å². The van der Waals surface area contributed by atoms with Crippen molar-refractivity contribution < 1.29 is 5.11 Å². The quantitative estimate of drug-likeness (QED) is 0.450. The zero-order chi connectivity index (χ0) is 7.82. The maximum atomic E-state index is 8.71. The smallest absolute Gasteiger partial charge is 0.0471 e. The fourth-order valence-corrected chi connectivity index (χ4v) is 0.861. The van der Waals surface area contributed by atoms with Crippen LogP contribution >= 0.6 is 0 Å². The lowest BCUT2D eigenvalue weighted by Crippen LogP contribution is -2.18. The average molecular weight is 146 g/mol. The van der Waals surface area contributed by atoms with Gasteiger partial charge in [0.2, 0.25) is 0 Å². The van der Waals surface area contributed by atoms with E-state index in [0.717, 1.165) is 25.8 Å². The summed E-state index contributed by atoms with van der Waals surface area (Å²) in [7, 11) is 0. The SMILES string of the molecule is NCCCCC(CN)CO. The number of aliphatic hydroxyl groups excluding tert-OH is 1. The Morgan fingerprint density at radius 3 is 2.30 bits per heavy atom. The molecule has 0 aromatic carbocycles. The van der Waals surface area contributed by atoms with Gasteiger partial charge >= 0.3 is 0 Å². The molecule has 1 atom stereocenters. The van der Waals surface area contributed by atoms with Crippen LogP contribution in [0.5, 0.6) is 0 Å². The Bertz CT molecular complexity index is 64.6. The van der Waals surface area contributed by atoms with Gasteiger partial charge in [0.25, 0.3) is 0 Å². The van der Waals surface area contributed by atoms with Crippen molar-refractivity contribution in [1.29, 1.82) is 0 Å². The van der Waals surface area contributed by atoms with Gasteiger partial charge in [-0.25, -0.2) is 0 Å². The van der Waals surface area contributed by atoms with Crippen LogP contribution in [-0.2, 0) is 0 Å². The zero-order valence-electron chi connectivity index (χ0n) is 6.42. The van der Waals surface area contributed by atoms with Gasteiger partial charge in [0.15, 0.2) is 0 Å². The summed E-state index contributed by atoms with van der Waals surface area (Å²) in [5, 5.41) is 8.71. The molecule has 0 rings (SSSR count). The van der Waals surface area contributed by atoms with E-state index in [2.05, 4.69) is 0 Å². The average Bonchev–Trinajstić information content (AvgIpc) is 1.99. The van der Waals surface area contributed by atoms with E-state index < -0.39 is 0 Å². The zero-order valence-corrected chi connectivity index (χ0v) is 6.42. The number of aliphatic hydroxyl groups is 1. The molecule has 0 heterocycles. The van der Waals surface area contributed by atoms with E-state index in [9.17, 15) is 0 Å². The van der Waals surface area contributed by atoms with E-state index in [1.54, 1.807) is 0 Å². The van der Waals surface area contributed by atoms with Crippen molar-refractivity contribution in [3.63, 3.8) is 0 Å². The topological polar surface area (TPSA) is 72.3 Å². The number of rotatable bonds is 6. The first kappa shape index (κ1) is 9.88. The fourth-order valence-electron chi connectivity index (χ4n) is 0.861. The highest BCUT2D eigenvalue weighted by Crippen LogP contribution is 2.04. The third-order valence-corrected chi connectivity index (χ3v) is 1.66. The summed E-state index contributed by atoms with van der Waals surface area (Å²) in [6, 6.07) is 0. The predicted molar refractivity (Wildman–Crippen MR) is 42.5 cm³/mol. The highest BCUT2D eigenvalue weighted by Gasteiger charge is 2.02. The monoisotopic (exact) mass is 146 g/mol. The van der Waals surface area contributed by atoms with Gasteiger partial charge in [0, 0.05) is 6.61 Å². The van der Waals surface area contributed by atoms with Crippen LogP contribution in [-0.4, -0.2) is 24.8 Å². The Morgan fingerprint density at radius 2 is 1.90 bits per heavy atom. The number of hydrogen-bond acceptors (Lipinski definition) is 3. The third-order valence-electron chi connectivity index (χ3n) is 1.66. The largest absolute Gasteiger partial charge is 0.396 e. The molecule has 0 aromatic heterocycles. The molecule has 0 aliphatic heterocycles. The first-order chi connectivity index (χ1) is 4.85. The Morgan fingerprint density at radius 1 is 1.20 bits per heavy atom. The highest BCUT2D eigenvalue weighted by molar-refractivity contribution is 4.57. The second-order valence-electron chi connectivity index (χ2n) is 2.57. The summed E-state index contributed by atoms with van der Waals surface area (Å²) in [6.07, 6.45) is 3.12. The molecule has 1 unspecified atom stereocenters. The number of nitrogens with two attached hydrogens (primary N) is 2. The van der Waals surface area contributed by atoms with Gasteiger partial charge in [-0.05, 0) is 31.8 Å². The molecule has 3 nitrogen and oxygen atoms in total. The highest BCUT2D eigenvalue weighted by atomic mass is 16.3. The van der Waals surface area contributed by atoms with Crippen molar-refractivity contribution in [3.05, 3.63) is 0 Å². The Hall–Kier alpha value is -0.120. The fraction of sp³-hybridized carbons (Fsp3) is 1.00. The minimum Gasteiger partial charge on any atom is -0.396 e. The van der Waals surface area contributed by atoms with Crippen LogP contribution in [0.4, 0.5) is 0 Å². The first-order valence-corrected chi connectivity index (χ1v) is 3.86. The lowest BCUT2D eigenvalue weighted by atomic mass is 10.0. The molecule has 0 aromatic rings. The van der Waals surface area contributed by atoms with Crippen LogP contribution in [0.15, 0.2) is 0 Å². The second-order valence-corrected chi connectivity index (χ2v) is 2.57. The molecule has 0 aliphatic carbocycles. The second kappa shape index (κ2) is 6.99. The minimum atomic E-state index is 0.209. The molecule has 0 aliphatic rings. The standard InChI is InChI=1S/C7H18N2O/c8-4-2-1-3-7(5-9)6-10/h7,10H,1-6,8-9H2. The molecular weight excluding hydrogens is 128 g/mol. The maximum absolute atomic E-state index is 8.71. The Balaban J connectivity index is 3.09. The van der Waals surface area contributed by atoms with Crippen LogP contribution in [0, 0.1) is 5.92 Å². The number of unbranched alkanes of at least 4 members (excludes halogenated alkanes) is 1. The van der Waals surface area contributed by atoms with E-state index in [1.165, 1.54) is 0 Å². The molecule has 62 valence electrons. The molecule has 0 radical (unpaired) electrons. The van der Waals surface area contributed by atoms with Crippen molar-refractivity contribution in [2.24, 2.45) is 17.4 Å². The van der Waals surface area contributed by atoms with Gasteiger partial charge in [-0.3, -0.25) is 0 Å². The summed E-state index contributed by atoms with van der Waals surface area (Å²) >= 11 is 0. The summed E-state index contributed by atoms with van der Waals surface area (Å²) in [5.74, 6) is 0.284. The minimum absolute atomic E-state index is 0.209. The Labute approximate surface area is 62.4 Å². The molecule has 3 heteroatoms. The van der Waals surface area contributed by atoms with Crippen LogP contribution in [0.25, 0.3) is 0 Å². The van der Waals surface area contributed by atoms with Gasteiger partial charge in [0.05, 0.1) is 0 Å². The molecular formula is C7H18N2O. The van der Waals surface area contributed by atoms with Crippen molar-refractivity contribution in [1.82, 2.24) is 0 Å². The van der Waals surface area contributed by atoms with Crippen LogP contribution < -0.4 is 11.5 Å². The van der Waals surface area contributed by atoms with Gasteiger partial charge in [-0.15, -0.1) is 0 Å². The molecule has 0 amide bonds. The van der Waals surface area contributed by atoms with Crippen molar-refractivity contribution >= 4 is 0 Å². The summed E-state index contributed by atoms with van der Waals surface area (Å²) < 4.78 is 0. The molecule has 5 N–H and O–H groups in total. The van der Waals surface area contributed by atoms with Crippen molar-refractivity contribution in [2.45, 2.75) is 19.3 Å². The van der Waals surface area contributed by atoms with Crippen LogP contribution in [0.1, 0.15) is 19.3 Å². The maximum Gasteiger partial charge on any atom is 0.0471 e. The van der Waals surface area contributed by atoms with Gasteiger partial charge in [-0.2, -0.15) is 0 Å². The van der Waals surface area contributed by atoms with E-state index in [0.29, 0.717) is 6.54 Å². The molecule has 10 heavy (non-hydrogen) atoms. The normalized spacial score (nSPS) is 13.5.